The van der Waals surface area contributed by atoms with Gasteiger partial charge in [0.15, 0.2) is 0 Å². The van der Waals surface area contributed by atoms with E-state index in [0.717, 1.165) is 42.5 Å². The Morgan fingerprint density at radius 2 is 1.83 bits per heavy atom. The fraction of sp³-hybridized carbons (Fsp3) is 0.500. The van der Waals surface area contributed by atoms with Gasteiger partial charge in [0.05, 0.1) is 18.1 Å². The normalized spacial score (nSPS) is 18.0. The Labute approximate surface area is 206 Å². The minimum atomic E-state index is -0.145. The third-order valence-electron chi connectivity index (χ3n) is 6.49. The van der Waals surface area contributed by atoms with Gasteiger partial charge in [-0.15, -0.1) is 0 Å². The van der Waals surface area contributed by atoms with Crippen molar-refractivity contribution in [2.24, 2.45) is 13.0 Å². The number of anilines is 1. The molecule has 0 spiro atoms. The number of rotatable bonds is 7. The Morgan fingerprint density at radius 1 is 1.09 bits per heavy atom. The molecule has 1 saturated carbocycles. The van der Waals surface area contributed by atoms with Crippen LogP contribution in [-0.2, 0) is 13.6 Å². The second-order valence-corrected chi connectivity index (χ2v) is 10.1. The van der Waals surface area contributed by atoms with Crippen LogP contribution in [0.1, 0.15) is 61.6 Å². The van der Waals surface area contributed by atoms with E-state index in [4.69, 9.17) is 0 Å². The molecule has 1 amide bonds. The summed E-state index contributed by atoms with van der Waals surface area (Å²) in [6.45, 7) is 4.89. The van der Waals surface area contributed by atoms with E-state index < -0.39 is 0 Å². The van der Waals surface area contributed by atoms with Crippen LogP contribution in [0.2, 0.25) is 0 Å². The number of carbonyl (C=O) groups excluding carboxylic acids is 1. The van der Waals surface area contributed by atoms with Crippen molar-refractivity contribution in [2.45, 2.75) is 58.0 Å². The Kier molecular flexibility index (Phi) is 7.33. The zero-order valence-electron chi connectivity index (χ0n) is 21.2. The number of nitrogens with zero attached hydrogens (tertiary/aromatic N) is 6. The van der Waals surface area contributed by atoms with Crippen LogP contribution < -0.4 is 10.9 Å². The van der Waals surface area contributed by atoms with Gasteiger partial charge in [0.2, 0.25) is 0 Å². The molecule has 0 atom stereocenters. The monoisotopic (exact) mass is 477 g/mol. The topological polar surface area (TPSA) is 97.9 Å². The van der Waals surface area contributed by atoms with Gasteiger partial charge >= 0.3 is 0 Å². The first-order chi connectivity index (χ1) is 16.7. The molecule has 0 aromatic carbocycles. The lowest BCUT2D eigenvalue weighted by Crippen LogP contribution is -2.31. The van der Waals surface area contributed by atoms with E-state index in [1.165, 1.54) is 4.90 Å². The second-order valence-electron chi connectivity index (χ2n) is 10.1. The predicted octanol–water partition coefficient (Wildman–Crippen LogP) is 3.53. The van der Waals surface area contributed by atoms with Crippen molar-refractivity contribution in [3.05, 3.63) is 58.8 Å². The fourth-order valence-electron chi connectivity index (χ4n) is 4.64. The first-order valence-corrected chi connectivity index (χ1v) is 12.2. The average Bonchev–Trinajstić information content (AvgIpc) is 3.27. The molecule has 3 aromatic heterocycles. The van der Waals surface area contributed by atoms with Crippen molar-refractivity contribution < 1.29 is 4.79 Å². The highest BCUT2D eigenvalue weighted by Crippen LogP contribution is 2.33. The molecule has 0 saturated heterocycles. The summed E-state index contributed by atoms with van der Waals surface area (Å²) in [7, 11) is 5.30. The maximum absolute atomic E-state index is 13.2. The highest BCUT2D eigenvalue weighted by Gasteiger charge is 2.25. The quantitative estimate of drug-likeness (QED) is 0.559. The number of hydrogen-bond acceptors (Lipinski definition) is 6. The maximum Gasteiger partial charge on any atom is 0.273 e. The summed E-state index contributed by atoms with van der Waals surface area (Å²) in [6.07, 6.45) is 12.8. The first-order valence-electron chi connectivity index (χ1n) is 12.2. The summed E-state index contributed by atoms with van der Waals surface area (Å²) in [5.41, 5.74) is 3.92. The number of hydrogen-bond donors (Lipinski definition) is 1. The molecule has 35 heavy (non-hydrogen) atoms. The molecule has 9 heteroatoms. The van der Waals surface area contributed by atoms with E-state index in [-0.39, 0.29) is 17.5 Å². The van der Waals surface area contributed by atoms with Crippen LogP contribution >= 0.6 is 0 Å². The third kappa shape index (κ3) is 5.78. The zero-order chi connectivity index (χ0) is 25.1. The molecule has 1 aliphatic rings. The number of nitrogens with one attached hydrogen (secondary N) is 1. The molecule has 0 bridgehead atoms. The van der Waals surface area contributed by atoms with E-state index in [1.54, 1.807) is 31.2 Å². The van der Waals surface area contributed by atoms with Crippen LogP contribution in [0.15, 0.2) is 41.8 Å². The van der Waals surface area contributed by atoms with Gasteiger partial charge in [-0.25, -0.2) is 4.98 Å². The molecule has 4 rings (SSSR count). The molecular weight excluding hydrogens is 442 g/mol. The molecular formula is C26H35N7O2. The predicted molar refractivity (Wildman–Crippen MR) is 136 cm³/mol. The summed E-state index contributed by atoms with van der Waals surface area (Å²) >= 11 is 0. The standard InChI is InChI=1S/C26H35N7O2/c1-17(2)14-33-16-19(20-11-29-32(5)15-20)10-22(26(33)35)30-21-8-6-18(7-9-21)23-12-28-24(13-27-23)25(34)31(3)4/h10-13,15-18,21,30H,6-9,14H2,1-5H3/t18-,21+. The highest BCUT2D eigenvalue weighted by atomic mass is 16.2. The van der Waals surface area contributed by atoms with Crippen LogP contribution in [-0.4, -0.2) is 55.3 Å². The Morgan fingerprint density at radius 3 is 2.40 bits per heavy atom. The molecule has 0 unspecified atom stereocenters. The van der Waals surface area contributed by atoms with Crippen molar-refractivity contribution >= 4 is 11.6 Å². The minimum absolute atomic E-state index is 0.0143. The van der Waals surface area contributed by atoms with Crippen molar-refractivity contribution in [3.63, 3.8) is 0 Å². The van der Waals surface area contributed by atoms with Gasteiger partial charge in [0.1, 0.15) is 11.4 Å². The maximum atomic E-state index is 13.2. The van der Waals surface area contributed by atoms with Gasteiger partial charge in [-0.05, 0) is 37.7 Å². The number of carbonyl (C=O) groups is 1. The van der Waals surface area contributed by atoms with Crippen LogP contribution in [0.5, 0.6) is 0 Å². The Hall–Kier alpha value is -3.49. The lowest BCUT2D eigenvalue weighted by Gasteiger charge is -2.29. The number of aryl methyl sites for hydroxylation is 1. The van der Waals surface area contributed by atoms with Crippen molar-refractivity contribution in [1.29, 1.82) is 0 Å². The van der Waals surface area contributed by atoms with Gasteiger partial charge in [-0.2, -0.15) is 5.10 Å². The van der Waals surface area contributed by atoms with Gasteiger partial charge < -0.3 is 14.8 Å². The van der Waals surface area contributed by atoms with Crippen molar-refractivity contribution in [1.82, 2.24) is 29.2 Å². The summed E-state index contributed by atoms with van der Waals surface area (Å²) < 4.78 is 3.58. The van der Waals surface area contributed by atoms with Crippen LogP contribution in [0.25, 0.3) is 11.1 Å². The minimum Gasteiger partial charge on any atom is -0.378 e. The van der Waals surface area contributed by atoms with E-state index in [9.17, 15) is 9.59 Å². The molecule has 1 N–H and O–H groups in total. The summed E-state index contributed by atoms with van der Waals surface area (Å²) in [6, 6.07) is 2.17. The Balaban J connectivity index is 1.46. The lowest BCUT2D eigenvalue weighted by atomic mass is 9.84. The zero-order valence-corrected chi connectivity index (χ0v) is 21.2. The molecule has 1 aliphatic carbocycles. The molecule has 3 heterocycles. The first kappa shape index (κ1) is 24.6. The summed E-state index contributed by atoms with van der Waals surface area (Å²) in [5.74, 6) is 0.526. The SMILES string of the molecule is CC(C)Cn1cc(-c2cnn(C)c2)cc(N[C@H]2CC[C@@H](c3cnc(C(=O)N(C)C)cn3)CC2)c1=O. The largest absolute Gasteiger partial charge is 0.378 e. The molecule has 0 aliphatic heterocycles. The third-order valence-corrected chi connectivity index (χ3v) is 6.49. The molecule has 1 fully saturated rings. The van der Waals surface area contributed by atoms with Gasteiger partial charge in [-0.3, -0.25) is 19.3 Å². The van der Waals surface area contributed by atoms with Crippen molar-refractivity contribution in [3.8, 4) is 11.1 Å². The van der Waals surface area contributed by atoms with E-state index in [2.05, 4.69) is 34.2 Å². The lowest BCUT2D eigenvalue weighted by molar-refractivity contribution is 0.0821. The van der Waals surface area contributed by atoms with E-state index in [1.807, 2.05) is 36.3 Å². The van der Waals surface area contributed by atoms with E-state index in [0.29, 0.717) is 29.8 Å². The van der Waals surface area contributed by atoms with Crippen LogP contribution in [0, 0.1) is 5.92 Å². The van der Waals surface area contributed by atoms with Crippen LogP contribution in [0.3, 0.4) is 0 Å². The number of amides is 1. The second kappa shape index (κ2) is 10.4. The van der Waals surface area contributed by atoms with Gasteiger partial charge in [0, 0.05) is 69.4 Å². The number of pyridine rings is 1. The molecule has 0 radical (unpaired) electrons. The number of aromatic nitrogens is 5. The highest BCUT2D eigenvalue weighted by molar-refractivity contribution is 5.91. The smallest absolute Gasteiger partial charge is 0.273 e. The molecule has 186 valence electrons. The molecule has 9 nitrogen and oxygen atoms in total. The average molecular weight is 478 g/mol. The summed E-state index contributed by atoms with van der Waals surface area (Å²) in [5, 5.41) is 7.83. The van der Waals surface area contributed by atoms with Gasteiger partial charge in [0.25, 0.3) is 11.5 Å². The summed E-state index contributed by atoms with van der Waals surface area (Å²) in [4.78, 5) is 35.6. The van der Waals surface area contributed by atoms with E-state index >= 15 is 0 Å². The molecule has 3 aromatic rings. The van der Waals surface area contributed by atoms with Crippen LogP contribution in [0.4, 0.5) is 5.69 Å². The van der Waals surface area contributed by atoms with Crippen molar-refractivity contribution in [2.75, 3.05) is 19.4 Å². The van der Waals surface area contributed by atoms with Gasteiger partial charge in [-0.1, -0.05) is 13.8 Å². The Bertz CT molecular complexity index is 1220. The fourth-order valence-corrected chi connectivity index (χ4v) is 4.64.